The van der Waals surface area contributed by atoms with Gasteiger partial charge in [-0.15, -0.1) is 0 Å². The molecule has 2 aromatic rings. The van der Waals surface area contributed by atoms with Gasteiger partial charge in [0.2, 0.25) is 0 Å². The number of rotatable bonds is 5. The quantitative estimate of drug-likeness (QED) is 0.923. The third-order valence-corrected chi connectivity index (χ3v) is 3.47. The van der Waals surface area contributed by atoms with Crippen molar-refractivity contribution in [1.29, 1.82) is 0 Å². The molecule has 5 nitrogen and oxygen atoms in total. The molecule has 1 heterocycles. The summed E-state index contributed by atoms with van der Waals surface area (Å²) >= 11 is 0. The first kappa shape index (κ1) is 15.8. The minimum atomic E-state index is -0.105. The van der Waals surface area contributed by atoms with Crippen LogP contribution in [0.1, 0.15) is 5.56 Å². The smallest absolute Gasteiger partial charge is 0.321 e. The first-order chi connectivity index (χ1) is 10.6. The molecule has 0 atom stereocenters. The summed E-state index contributed by atoms with van der Waals surface area (Å²) < 4.78 is 0. The highest BCUT2D eigenvalue weighted by atomic mass is 16.2. The van der Waals surface area contributed by atoms with Crippen molar-refractivity contribution in [2.45, 2.75) is 6.42 Å². The van der Waals surface area contributed by atoms with Gasteiger partial charge in [0.1, 0.15) is 0 Å². The number of aromatic nitrogens is 1. The second-order valence-electron chi connectivity index (χ2n) is 5.40. The fourth-order valence-electron chi connectivity index (χ4n) is 2.01. The van der Waals surface area contributed by atoms with Gasteiger partial charge in [-0.25, -0.2) is 4.79 Å². The fourth-order valence-corrected chi connectivity index (χ4v) is 2.01. The highest BCUT2D eigenvalue weighted by Crippen LogP contribution is 2.15. The van der Waals surface area contributed by atoms with E-state index in [0.29, 0.717) is 6.54 Å². The number of carbonyl (C=O) groups excluding carboxylic acids is 1. The lowest BCUT2D eigenvalue weighted by Gasteiger charge is -2.18. The minimum absolute atomic E-state index is 0.105. The Morgan fingerprint density at radius 2 is 1.68 bits per heavy atom. The van der Waals surface area contributed by atoms with Crippen molar-refractivity contribution in [3.63, 3.8) is 0 Å². The number of hydrogen-bond donors (Lipinski definition) is 1. The molecule has 22 heavy (non-hydrogen) atoms. The molecule has 0 aliphatic carbocycles. The zero-order valence-corrected chi connectivity index (χ0v) is 13.3. The van der Waals surface area contributed by atoms with E-state index < -0.39 is 0 Å². The van der Waals surface area contributed by atoms with Crippen molar-refractivity contribution < 1.29 is 4.79 Å². The minimum Gasteiger partial charge on any atom is -0.378 e. The monoisotopic (exact) mass is 298 g/mol. The Labute approximate surface area is 131 Å². The summed E-state index contributed by atoms with van der Waals surface area (Å²) in [6.07, 6.45) is 4.34. The predicted molar refractivity (Wildman–Crippen MR) is 90.4 cm³/mol. The van der Waals surface area contributed by atoms with Crippen LogP contribution in [-0.4, -0.2) is 43.6 Å². The molecule has 116 valence electrons. The summed E-state index contributed by atoms with van der Waals surface area (Å²) in [7, 11) is 5.77. The molecular weight excluding hydrogens is 276 g/mol. The maximum Gasteiger partial charge on any atom is 0.321 e. The normalized spacial score (nSPS) is 10.1. The lowest BCUT2D eigenvalue weighted by molar-refractivity contribution is 0.223. The first-order valence-electron chi connectivity index (χ1n) is 7.24. The lowest BCUT2D eigenvalue weighted by Crippen LogP contribution is -2.33. The fraction of sp³-hybridized carbons (Fsp3) is 0.294. The van der Waals surface area contributed by atoms with Gasteiger partial charge in [0.15, 0.2) is 0 Å². The molecule has 0 aliphatic heterocycles. The van der Waals surface area contributed by atoms with Gasteiger partial charge in [0.05, 0.1) is 0 Å². The van der Waals surface area contributed by atoms with E-state index in [0.717, 1.165) is 17.8 Å². The van der Waals surface area contributed by atoms with Crippen molar-refractivity contribution in [3.8, 4) is 0 Å². The average molecular weight is 298 g/mol. The molecule has 0 saturated heterocycles. The molecule has 2 amide bonds. The molecule has 0 radical (unpaired) electrons. The number of anilines is 2. The number of amides is 2. The zero-order chi connectivity index (χ0) is 15.9. The van der Waals surface area contributed by atoms with Crippen LogP contribution in [0.3, 0.4) is 0 Å². The van der Waals surface area contributed by atoms with Gasteiger partial charge in [0, 0.05) is 51.5 Å². The standard InChI is InChI=1S/C17H22N4O/c1-20(2)16-6-4-15(5-7-16)19-17(22)21(3)13-10-14-8-11-18-12-9-14/h4-9,11-12H,10,13H2,1-3H3,(H,19,22). The van der Waals surface area contributed by atoms with Crippen LogP contribution in [-0.2, 0) is 6.42 Å². The van der Waals surface area contributed by atoms with E-state index in [1.54, 1.807) is 24.3 Å². The number of likely N-dealkylation sites (N-methyl/N-ethyl adjacent to an activating group) is 1. The molecule has 1 aromatic heterocycles. The van der Waals surface area contributed by atoms with Crippen LogP contribution in [0.5, 0.6) is 0 Å². The van der Waals surface area contributed by atoms with E-state index in [1.807, 2.05) is 55.4 Å². The number of nitrogens with zero attached hydrogens (tertiary/aromatic N) is 3. The maximum absolute atomic E-state index is 12.1. The van der Waals surface area contributed by atoms with Gasteiger partial charge in [0.25, 0.3) is 0 Å². The van der Waals surface area contributed by atoms with Crippen LogP contribution in [0, 0.1) is 0 Å². The van der Waals surface area contributed by atoms with Gasteiger partial charge < -0.3 is 15.1 Å². The van der Waals surface area contributed by atoms with Crippen molar-refractivity contribution in [3.05, 3.63) is 54.4 Å². The first-order valence-corrected chi connectivity index (χ1v) is 7.24. The summed E-state index contributed by atoms with van der Waals surface area (Å²) in [5.41, 5.74) is 3.07. The molecule has 0 spiro atoms. The highest BCUT2D eigenvalue weighted by molar-refractivity contribution is 5.89. The summed E-state index contributed by atoms with van der Waals surface area (Å²) in [5, 5.41) is 2.90. The molecule has 1 N–H and O–H groups in total. The SMILES string of the molecule is CN(CCc1ccncc1)C(=O)Nc1ccc(N(C)C)cc1. The summed E-state index contributed by atoms with van der Waals surface area (Å²) in [6, 6.07) is 11.6. The van der Waals surface area contributed by atoms with Crippen molar-refractivity contribution >= 4 is 17.4 Å². The summed E-state index contributed by atoms with van der Waals surface area (Å²) in [4.78, 5) is 19.8. The second-order valence-corrected chi connectivity index (χ2v) is 5.40. The van der Waals surface area contributed by atoms with Crippen molar-refractivity contribution in [2.75, 3.05) is 37.9 Å². The maximum atomic E-state index is 12.1. The van der Waals surface area contributed by atoms with E-state index >= 15 is 0 Å². The number of nitrogens with one attached hydrogen (secondary N) is 1. The summed E-state index contributed by atoms with van der Waals surface area (Å²) in [6.45, 7) is 0.658. The third-order valence-electron chi connectivity index (χ3n) is 3.47. The van der Waals surface area contributed by atoms with Crippen LogP contribution in [0.4, 0.5) is 16.2 Å². The van der Waals surface area contributed by atoms with Gasteiger partial charge in [-0.1, -0.05) is 0 Å². The van der Waals surface area contributed by atoms with Crippen molar-refractivity contribution in [2.24, 2.45) is 0 Å². The number of pyridine rings is 1. The van der Waals surface area contributed by atoms with Crippen LogP contribution >= 0.6 is 0 Å². The molecule has 0 unspecified atom stereocenters. The van der Waals surface area contributed by atoms with Gasteiger partial charge >= 0.3 is 6.03 Å². The molecule has 1 aromatic carbocycles. The average Bonchev–Trinajstić information content (AvgIpc) is 2.54. The van der Waals surface area contributed by atoms with E-state index in [1.165, 1.54) is 5.56 Å². The van der Waals surface area contributed by atoms with Gasteiger partial charge in [-0.2, -0.15) is 0 Å². The molecular formula is C17H22N4O. The lowest BCUT2D eigenvalue weighted by atomic mass is 10.2. The van der Waals surface area contributed by atoms with E-state index in [-0.39, 0.29) is 6.03 Å². The molecule has 0 bridgehead atoms. The predicted octanol–water partition coefficient (Wildman–Crippen LogP) is 2.85. The van der Waals surface area contributed by atoms with Crippen LogP contribution in [0.2, 0.25) is 0 Å². The second kappa shape index (κ2) is 7.45. The molecule has 0 saturated carbocycles. The van der Waals surface area contributed by atoms with Crippen LogP contribution in [0.15, 0.2) is 48.8 Å². The summed E-state index contributed by atoms with van der Waals surface area (Å²) in [5.74, 6) is 0. The van der Waals surface area contributed by atoms with Gasteiger partial charge in [-0.05, 0) is 48.4 Å². The largest absolute Gasteiger partial charge is 0.378 e. The highest BCUT2D eigenvalue weighted by Gasteiger charge is 2.08. The van der Waals surface area contributed by atoms with Gasteiger partial charge in [-0.3, -0.25) is 4.98 Å². The topological polar surface area (TPSA) is 48.5 Å². The van der Waals surface area contributed by atoms with Crippen LogP contribution in [0.25, 0.3) is 0 Å². The number of hydrogen-bond acceptors (Lipinski definition) is 3. The van der Waals surface area contributed by atoms with E-state index in [9.17, 15) is 4.79 Å². The number of carbonyl (C=O) groups is 1. The Morgan fingerprint density at radius 1 is 1.05 bits per heavy atom. The number of urea groups is 1. The van der Waals surface area contributed by atoms with Crippen LogP contribution < -0.4 is 10.2 Å². The number of benzene rings is 1. The van der Waals surface area contributed by atoms with E-state index in [4.69, 9.17) is 0 Å². The van der Waals surface area contributed by atoms with E-state index in [2.05, 4.69) is 10.3 Å². The Balaban J connectivity index is 1.85. The Morgan fingerprint density at radius 3 is 2.27 bits per heavy atom. The Hall–Kier alpha value is -2.56. The molecule has 2 rings (SSSR count). The Kier molecular flexibility index (Phi) is 5.36. The molecule has 5 heteroatoms. The Bertz CT molecular complexity index is 596. The third kappa shape index (κ3) is 4.48. The molecule has 0 aliphatic rings. The molecule has 0 fully saturated rings. The van der Waals surface area contributed by atoms with Crippen molar-refractivity contribution in [1.82, 2.24) is 9.88 Å². The zero-order valence-electron chi connectivity index (χ0n) is 13.3.